The van der Waals surface area contributed by atoms with Gasteiger partial charge in [0.05, 0.1) is 13.2 Å². The van der Waals surface area contributed by atoms with Crippen LogP contribution in [0, 0.1) is 0 Å². The molecule has 1 amide bonds. The number of carbonyl (C=O) groups excluding carboxylic acids is 1. The maximum Gasteiger partial charge on any atom is 0.245 e. The standard InChI is InChI=1S/C14H23N5O2/c1-4-11-17-12(15-3)8-13(18-11)19-6-7-21-9-10(19)14(20)16-5-2/h8,10H,4-7,9H2,1-3H3,(H,16,20)(H,15,17,18). The number of morpholine rings is 1. The molecule has 0 radical (unpaired) electrons. The lowest BCUT2D eigenvalue weighted by Gasteiger charge is -2.35. The Morgan fingerprint density at radius 3 is 2.95 bits per heavy atom. The molecule has 1 unspecified atom stereocenters. The third-order valence-corrected chi connectivity index (χ3v) is 3.41. The van der Waals surface area contributed by atoms with Crippen molar-refractivity contribution < 1.29 is 9.53 Å². The van der Waals surface area contributed by atoms with Crippen molar-refractivity contribution in [3.05, 3.63) is 11.9 Å². The average molecular weight is 293 g/mol. The van der Waals surface area contributed by atoms with Gasteiger partial charge in [-0.1, -0.05) is 6.92 Å². The molecule has 7 nitrogen and oxygen atoms in total. The molecule has 0 saturated carbocycles. The maximum absolute atomic E-state index is 12.2. The predicted octanol–water partition coefficient (Wildman–Crippen LogP) is 0.422. The summed E-state index contributed by atoms with van der Waals surface area (Å²) >= 11 is 0. The third kappa shape index (κ3) is 3.60. The lowest BCUT2D eigenvalue weighted by atomic mass is 10.2. The summed E-state index contributed by atoms with van der Waals surface area (Å²) in [5.41, 5.74) is 0. The molecule has 0 aromatic carbocycles. The van der Waals surface area contributed by atoms with E-state index >= 15 is 0 Å². The van der Waals surface area contributed by atoms with Crippen LogP contribution in [0.1, 0.15) is 19.7 Å². The number of amides is 1. The number of ether oxygens (including phenoxy) is 1. The van der Waals surface area contributed by atoms with E-state index < -0.39 is 0 Å². The van der Waals surface area contributed by atoms with E-state index in [2.05, 4.69) is 20.6 Å². The number of likely N-dealkylation sites (N-methyl/N-ethyl adjacent to an activating group) is 1. The molecule has 7 heteroatoms. The molecule has 1 aromatic heterocycles. The van der Waals surface area contributed by atoms with Crippen LogP contribution in [-0.2, 0) is 16.0 Å². The molecule has 1 atom stereocenters. The van der Waals surface area contributed by atoms with Crippen LogP contribution in [0.4, 0.5) is 11.6 Å². The van der Waals surface area contributed by atoms with Crippen LogP contribution < -0.4 is 15.5 Å². The normalized spacial score (nSPS) is 18.4. The van der Waals surface area contributed by atoms with Gasteiger partial charge >= 0.3 is 0 Å². The zero-order chi connectivity index (χ0) is 15.2. The molecule has 116 valence electrons. The smallest absolute Gasteiger partial charge is 0.245 e. The molecule has 0 spiro atoms. The monoisotopic (exact) mass is 293 g/mol. The van der Waals surface area contributed by atoms with Crippen molar-refractivity contribution in [1.82, 2.24) is 15.3 Å². The molecule has 2 rings (SSSR count). The Bertz CT molecular complexity index is 472. The second-order valence-electron chi connectivity index (χ2n) is 4.81. The molecule has 2 heterocycles. The highest BCUT2D eigenvalue weighted by molar-refractivity contribution is 5.85. The Hall–Kier alpha value is -1.89. The van der Waals surface area contributed by atoms with Gasteiger partial charge in [0.15, 0.2) is 0 Å². The number of aromatic nitrogens is 2. The summed E-state index contributed by atoms with van der Waals surface area (Å²) in [6.45, 7) is 6.15. The Morgan fingerprint density at radius 2 is 2.29 bits per heavy atom. The van der Waals surface area contributed by atoms with Crippen LogP contribution in [0.15, 0.2) is 6.07 Å². The van der Waals surface area contributed by atoms with Gasteiger partial charge in [-0.15, -0.1) is 0 Å². The highest BCUT2D eigenvalue weighted by Crippen LogP contribution is 2.21. The average Bonchev–Trinajstić information content (AvgIpc) is 2.54. The maximum atomic E-state index is 12.2. The molecule has 21 heavy (non-hydrogen) atoms. The number of hydrogen-bond donors (Lipinski definition) is 2. The Balaban J connectivity index is 2.30. The number of anilines is 2. The van der Waals surface area contributed by atoms with Crippen LogP contribution >= 0.6 is 0 Å². The van der Waals surface area contributed by atoms with Gasteiger partial charge in [0.1, 0.15) is 23.5 Å². The summed E-state index contributed by atoms with van der Waals surface area (Å²) in [5, 5.41) is 5.89. The molecule has 1 aliphatic rings. The largest absolute Gasteiger partial charge is 0.377 e. The van der Waals surface area contributed by atoms with Crippen LogP contribution in [-0.4, -0.2) is 55.3 Å². The van der Waals surface area contributed by atoms with Gasteiger partial charge in [-0.2, -0.15) is 0 Å². The fraction of sp³-hybridized carbons (Fsp3) is 0.643. The second kappa shape index (κ2) is 7.21. The Labute approximate surface area is 125 Å². The highest BCUT2D eigenvalue weighted by Gasteiger charge is 2.30. The summed E-state index contributed by atoms with van der Waals surface area (Å²) in [6.07, 6.45) is 0.749. The molecule has 0 aliphatic carbocycles. The first-order valence-corrected chi connectivity index (χ1v) is 7.37. The lowest BCUT2D eigenvalue weighted by Crippen LogP contribution is -2.54. The highest BCUT2D eigenvalue weighted by atomic mass is 16.5. The zero-order valence-electron chi connectivity index (χ0n) is 12.8. The number of aryl methyl sites for hydroxylation is 1. The van der Waals surface area contributed by atoms with Crippen LogP contribution in [0.2, 0.25) is 0 Å². The Morgan fingerprint density at radius 1 is 1.48 bits per heavy atom. The van der Waals surface area contributed by atoms with E-state index in [0.717, 1.165) is 23.9 Å². The fourth-order valence-electron chi connectivity index (χ4n) is 2.30. The molecule has 1 aliphatic heterocycles. The van der Waals surface area contributed by atoms with E-state index in [0.29, 0.717) is 26.3 Å². The summed E-state index contributed by atoms with van der Waals surface area (Å²) in [5.74, 6) is 2.27. The van der Waals surface area contributed by atoms with Gasteiger partial charge < -0.3 is 20.3 Å². The van der Waals surface area contributed by atoms with Crippen molar-refractivity contribution in [2.75, 3.05) is 43.6 Å². The minimum Gasteiger partial charge on any atom is -0.377 e. The topological polar surface area (TPSA) is 79.4 Å². The summed E-state index contributed by atoms with van der Waals surface area (Å²) in [7, 11) is 1.83. The van der Waals surface area contributed by atoms with Crippen molar-refractivity contribution in [3.63, 3.8) is 0 Å². The number of nitrogens with one attached hydrogen (secondary N) is 2. The first-order valence-electron chi connectivity index (χ1n) is 7.37. The first-order chi connectivity index (χ1) is 10.2. The van der Waals surface area contributed by atoms with Crippen molar-refractivity contribution in [3.8, 4) is 0 Å². The number of hydrogen-bond acceptors (Lipinski definition) is 6. The van der Waals surface area contributed by atoms with E-state index in [-0.39, 0.29) is 11.9 Å². The van der Waals surface area contributed by atoms with E-state index in [9.17, 15) is 4.79 Å². The molecular formula is C14H23N5O2. The van der Waals surface area contributed by atoms with Crippen molar-refractivity contribution in [2.45, 2.75) is 26.3 Å². The molecule has 0 bridgehead atoms. The van der Waals surface area contributed by atoms with Gasteiger partial charge in [-0.25, -0.2) is 9.97 Å². The summed E-state index contributed by atoms with van der Waals surface area (Å²) in [4.78, 5) is 23.1. The van der Waals surface area contributed by atoms with Gasteiger partial charge in [0, 0.05) is 32.6 Å². The molecule has 1 saturated heterocycles. The fourth-order valence-corrected chi connectivity index (χ4v) is 2.30. The van der Waals surface area contributed by atoms with Gasteiger partial charge in [-0.3, -0.25) is 4.79 Å². The summed E-state index contributed by atoms with van der Waals surface area (Å²) in [6, 6.07) is 1.53. The van der Waals surface area contributed by atoms with Crippen LogP contribution in [0.3, 0.4) is 0 Å². The Kier molecular flexibility index (Phi) is 5.32. The SMILES string of the molecule is CCNC(=O)C1COCCN1c1cc(NC)nc(CC)n1. The van der Waals surface area contributed by atoms with Crippen molar-refractivity contribution in [1.29, 1.82) is 0 Å². The van der Waals surface area contributed by atoms with E-state index in [1.54, 1.807) is 0 Å². The number of rotatable bonds is 5. The van der Waals surface area contributed by atoms with Crippen molar-refractivity contribution in [2.24, 2.45) is 0 Å². The quantitative estimate of drug-likeness (QED) is 0.819. The number of nitrogens with zero attached hydrogens (tertiary/aromatic N) is 3. The van der Waals surface area contributed by atoms with E-state index in [1.165, 1.54) is 0 Å². The molecule has 1 fully saturated rings. The van der Waals surface area contributed by atoms with Crippen LogP contribution in [0.5, 0.6) is 0 Å². The predicted molar refractivity (Wildman–Crippen MR) is 81.6 cm³/mol. The zero-order valence-corrected chi connectivity index (χ0v) is 12.8. The number of carbonyl (C=O) groups is 1. The van der Waals surface area contributed by atoms with E-state index in [1.807, 2.05) is 31.9 Å². The first kappa shape index (κ1) is 15.5. The molecular weight excluding hydrogens is 270 g/mol. The van der Waals surface area contributed by atoms with Crippen molar-refractivity contribution >= 4 is 17.5 Å². The second-order valence-corrected chi connectivity index (χ2v) is 4.81. The summed E-state index contributed by atoms with van der Waals surface area (Å²) < 4.78 is 5.45. The third-order valence-electron chi connectivity index (χ3n) is 3.41. The minimum absolute atomic E-state index is 0.0279. The minimum atomic E-state index is -0.344. The molecule has 2 N–H and O–H groups in total. The van der Waals surface area contributed by atoms with Gasteiger partial charge in [0.2, 0.25) is 5.91 Å². The van der Waals surface area contributed by atoms with E-state index in [4.69, 9.17) is 4.74 Å². The van der Waals surface area contributed by atoms with Gasteiger partial charge in [-0.05, 0) is 6.92 Å². The lowest BCUT2D eigenvalue weighted by molar-refractivity contribution is -0.124. The molecule has 1 aromatic rings. The van der Waals surface area contributed by atoms with Gasteiger partial charge in [0.25, 0.3) is 0 Å². The van der Waals surface area contributed by atoms with Crippen LogP contribution in [0.25, 0.3) is 0 Å².